The molecule has 1 heterocycles. The highest BCUT2D eigenvalue weighted by atomic mass is 32.1. The normalized spacial score (nSPS) is 14.8. The van der Waals surface area contributed by atoms with Crippen LogP contribution < -0.4 is 5.73 Å². The molecule has 0 radical (unpaired) electrons. The Bertz CT molecular complexity index is 303. The number of hydrogen-bond acceptors (Lipinski definition) is 2. The second-order valence-electron chi connectivity index (χ2n) is 3.51. The van der Waals surface area contributed by atoms with Crippen molar-refractivity contribution in [3.8, 4) is 0 Å². The monoisotopic (exact) mass is 223 g/mol. The number of hydrogen-bond donors (Lipinski definition) is 1. The van der Waals surface area contributed by atoms with Crippen LogP contribution in [0.4, 0.5) is 13.2 Å². The topological polar surface area (TPSA) is 26.0 Å². The Balaban J connectivity index is 2.89. The van der Waals surface area contributed by atoms with Gasteiger partial charge in [-0.3, -0.25) is 0 Å². The first-order valence-electron chi connectivity index (χ1n) is 4.23. The molecule has 0 spiro atoms. The quantitative estimate of drug-likeness (QED) is 0.816. The first kappa shape index (κ1) is 11.5. The minimum Gasteiger partial charge on any atom is -0.324 e. The Hall–Kier alpha value is -0.550. The van der Waals surface area contributed by atoms with Crippen LogP contribution in [0.5, 0.6) is 0 Å². The molecule has 1 rings (SSSR count). The summed E-state index contributed by atoms with van der Waals surface area (Å²) in [4.78, 5) is -0.580. The lowest BCUT2D eigenvalue weighted by molar-refractivity contribution is -0.134. The van der Waals surface area contributed by atoms with E-state index < -0.39 is 11.1 Å². The van der Waals surface area contributed by atoms with Crippen molar-refractivity contribution in [1.29, 1.82) is 0 Å². The highest BCUT2D eigenvalue weighted by Gasteiger charge is 2.33. The third-order valence-corrected chi connectivity index (χ3v) is 3.00. The van der Waals surface area contributed by atoms with E-state index in [0.29, 0.717) is 16.9 Å². The van der Waals surface area contributed by atoms with Crippen molar-refractivity contribution in [3.05, 3.63) is 21.9 Å². The molecule has 0 aromatic carbocycles. The van der Waals surface area contributed by atoms with Gasteiger partial charge in [0.1, 0.15) is 4.88 Å². The van der Waals surface area contributed by atoms with Crippen molar-refractivity contribution in [2.75, 3.05) is 0 Å². The fourth-order valence-electron chi connectivity index (χ4n) is 1.06. The van der Waals surface area contributed by atoms with Gasteiger partial charge in [-0.25, -0.2) is 0 Å². The molecule has 0 bridgehead atoms. The van der Waals surface area contributed by atoms with Gasteiger partial charge in [0.05, 0.1) is 0 Å². The van der Waals surface area contributed by atoms with E-state index >= 15 is 0 Å². The largest absolute Gasteiger partial charge is 0.425 e. The zero-order valence-electron chi connectivity index (χ0n) is 7.93. The maximum atomic E-state index is 12.2. The predicted octanol–water partition coefficient (Wildman–Crippen LogP) is 3.42. The van der Waals surface area contributed by atoms with Crippen molar-refractivity contribution in [1.82, 2.24) is 0 Å². The zero-order valence-corrected chi connectivity index (χ0v) is 8.75. The average molecular weight is 223 g/mol. The maximum absolute atomic E-state index is 12.2. The van der Waals surface area contributed by atoms with Crippen molar-refractivity contribution in [2.45, 2.75) is 26.1 Å². The Morgan fingerprint density at radius 2 is 1.93 bits per heavy atom. The van der Waals surface area contributed by atoms with Gasteiger partial charge in [-0.15, -0.1) is 11.3 Å². The molecule has 0 aliphatic carbocycles. The summed E-state index contributed by atoms with van der Waals surface area (Å²) < 4.78 is 36.7. The molecule has 1 nitrogen and oxygen atoms in total. The molecule has 0 amide bonds. The summed E-state index contributed by atoms with van der Waals surface area (Å²) in [5.41, 5.74) is 6.30. The Morgan fingerprint density at radius 1 is 1.36 bits per heavy atom. The molecule has 1 aromatic heterocycles. The van der Waals surface area contributed by atoms with Gasteiger partial charge in [-0.2, -0.15) is 13.2 Å². The van der Waals surface area contributed by atoms with Gasteiger partial charge in [0, 0.05) is 6.04 Å². The molecule has 0 aliphatic rings. The fourth-order valence-corrected chi connectivity index (χ4v) is 1.89. The summed E-state index contributed by atoms with van der Waals surface area (Å²) >= 11 is 0.697. The molecular formula is C9H12F3NS. The van der Waals surface area contributed by atoms with Gasteiger partial charge in [0.2, 0.25) is 0 Å². The van der Waals surface area contributed by atoms with Crippen LogP contribution >= 0.6 is 11.3 Å². The predicted molar refractivity (Wildman–Crippen MR) is 51.1 cm³/mol. The van der Waals surface area contributed by atoms with Gasteiger partial charge < -0.3 is 5.73 Å². The SMILES string of the molecule is CC(C)[C@@H](N)c1csc(C(F)(F)F)c1. The summed E-state index contributed by atoms with van der Waals surface area (Å²) in [6, 6.07) is 0.817. The number of halogens is 3. The highest BCUT2D eigenvalue weighted by molar-refractivity contribution is 7.10. The van der Waals surface area contributed by atoms with E-state index in [0.717, 1.165) is 6.07 Å². The molecular weight excluding hydrogens is 211 g/mol. The third-order valence-electron chi connectivity index (χ3n) is 2.00. The molecule has 14 heavy (non-hydrogen) atoms. The molecule has 1 atom stereocenters. The van der Waals surface area contributed by atoms with E-state index in [2.05, 4.69) is 0 Å². The zero-order chi connectivity index (χ0) is 10.9. The van der Waals surface area contributed by atoms with Crippen LogP contribution in [0.25, 0.3) is 0 Å². The van der Waals surface area contributed by atoms with Crippen LogP contribution in [0.15, 0.2) is 11.4 Å². The summed E-state index contributed by atoms with van der Waals surface area (Å²) in [5, 5.41) is 1.48. The van der Waals surface area contributed by atoms with Crippen LogP contribution in [0, 0.1) is 5.92 Å². The van der Waals surface area contributed by atoms with Gasteiger partial charge >= 0.3 is 6.18 Å². The Labute approximate surface area is 84.7 Å². The minimum absolute atomic E-state index is 0.144. The smallest absolute Gasteiger partial charge is 0.324 e. The maximum Gasteiger partial charge on any atom is 0.425 e. The van der Waals surface area contributed by atoms with Gasteiger partial charge in [-0.05, 0) is 22.9 Å². The van der Waals surface area contributed by atoms with Crippen LogP contribution in [-0.2, 0) is 6.18 Å². The molecule has 0 saturated heterocycles. The van der Waals surface area contributed by atoms with Crippen LogP contribution in [-0.4, -0.2) is 0 Å². The van der Waals surface area contributed by atoms with Crippen LogP contribution in [0.3, 0.4) is 0 Å². The van der Waals surface area contributed by atoms with E-state index in [-0.39, 0.29) is 12.0 Å². The second kappa shape index (κ2) is 3.90. The lowest BCUT2D eigenvalue weighted by atomic mass is 9.99. The van der Waals surface area contributed by atoms with E-state index in [9.17, 15) is 13.2 Å². The van der Waals surface area contributed by atoms with Crippen molar-refractivity contribution >= 4 is 11.3 Å². The summed E-state index contributed by atoms with van der Waals surface area (Å²) in [6.07, 6.45) is -4.25. The molecule has 0 aliphatic heterocycles. The van der Waals surface area contributed by atoms with Crippen molar-refractivity contribution < 1.29 is 13.2 Å². The summed E-state index contributed by atoms with van der Waals surface area (Å²) in [7, 11) is 0. The highest BCUT2D eigenvalue weighted by Crippen LogP contribution is 2.36. The Morgan fingerprint density at radius 3 is 2.29 bits per heavy atom. The van der Waals surface area contributed by atoms with Gasteiger partial charge in [0.25, 0.3) is 0 Å². The molecule has 2 N–H and O–H groups in total. The number of thiophene rings is 1. The second-order valence-corrected chi connectivity index (χ2v) is 4.42. The fraction of sp³-hybridized carbons (Fsp3) is 0.556. The molecule has 0 saturated carbocycles. The van der Waals surface area contributed by atoms with Crippen LogP contribution in [0.1, 0.15) is 30.3 Å². The lowest BCUT2D eigenvalue weighted by Gasteiger charge is -2.13. The van der Waals surface area contributed by atoms with Gasteiger partial charge in [-0.1, -0.05) is 13.8 Å². The van der Waals surface area contributed by atoms with E-state index in [4.69, 9.17) is 5.73 Å². The van der Waals surface area contributed by atoms with E-state index in [1.165, 1.54) is 5.38 Å². The molecule has 5 heteroatoms. The first-order chi connectivity index (χ1) is 6.32. The summed E-state index contributed by atoms with van der Waals surface area (Å²) in [5.74, 6) is 0.144. The van der Waals surface area contributed by atoms with Crippen molar-refractivity contribution in [2.24, 2.45) is 11.7 Å². The van der Waals surface area contributed by atoms with E-state index in [1.807, 2.05) is 13.8 Å². The summed E-state index contributed by atoms with van der Waals surface area (Å²) in [6.45, 7) is 3.77. The average Bonchev–Trinajstić information content (AvgIpc) is 2.49. The number of rotatable bonds is 2. The Kier molecular flexibility index (Phi) is 3.21. The first-order valence-corrected chi connectivity index (χ1v) is 5.11. The molecule has 1 aromatic rings. The van der Waals surface area contributed by atoms with Crippen LogP contribution in [0.2, 0.25) is 0 Å². The van der Waals surface area contributed by atoms with Crippen molar-refractivity contribution in [3.63, 3.8) is 0 Å². The molecule has 80 valence electrons. The minimum atomic E-state index is -4.25. The number of nitrogens with two attached hydrogens (primary N) is 1. The standard InChI is InChI=1S/C9H12F3NS/c1-5(2)8(13)6-3-7(14-4-6)9(10,11)12/h3-5,8H,13H2,1-2H3/t8-/m1/s1. The lowest BCUT2D eigenvalue weighted by Crippen LogP contribution is -2.15. The third kappa shape index (κ3) is 2.48. The van der Waals surface area contributed by atoms with Gasteiger partial charge in [0.15, 0.2) is 0 Å². The van der Waals surface area contributed by atoms with E-state index in [1.54, 1.807) is 0 Å². The molecule has 0 unspecified atom stereocenters. The number of alkyl halides is 3. The molecule has 0 fully saturated rings.